The number of ketones is 1. The molecule has 11 heteroatoms. The molecule has 0 heterocycles. The minimum atomic E-state index is -4.72. The van der Waals surface area contributed by atoms with E-state index >= 15 is 0 Å². The van der Waals surface area contributed by atoms with E-state index in [1.807, 2.05) is 6.92 Å². The zero-order chi connectivity index (χ0) is 23.5. The van der Waals surface area contributed by atoms with Crippen molar-refractivity contribution in [3.05, 3.63) is 28.8 Å². The third-order valence-corrected chi connectivity index (χ3v) is 8.48. The van der Waals surface area contributed by atoms with E-state index < -0.39 is 38.5 Å². The van der Waals surface area contributed by atoms with Crippen molar-refractivity contribution in [1.29, 1.82) is 0 Å². The Bertz CT molecular complexity index is 1030. The summed E-state index contributed by atoms with van der Waals surface area (Å²) in [6, 6.07) is 2.72. The monoisotopic (exact) mass is 530 g/mol. The summed E-state index contributed by atoms with van der Waals surface area (Å²) in [5, 5.41) is 0. The van der Waals surface area contributed by atoms with Gasteiger partial charge in [0.05, 0.1) is 5.56 Å². The lowest BCUT2D eigenvalue weighted by Crippen LogP contribution is -2.42. The summed E-state index contributed by atoms with van der Waals surface area (Å²) in [5.41, 5.74) is 0.725. The molecule has 0 spiro atoms. The minimum Gasteiger partial charge on any atom is -0.361 e. The molecule has 0 amide bonds. The van der Waals surface area contributed by atoms with Crippen molar-refractivity contribution in [3.63, 3.8) is 0 Å². The lowest BCUT2D eigenvalue weighted by atomic mass is 9.55. The molecule has 4 atom stereocenters. The van der Waals surface area contributed by atoms with Crippen molar-refractivity contribution < 1.29 is 30.4 Å². The molecule has 32 heavy (non-hydrogen) atoms. The first-order valence-electron chi connectivity index (χ1n) is 10.4. The van der Waals surface area contributed by atoms with Gasteiger partial charge >= 0.3 is 10.4 Å². The van der Waals surface area contributed by atoms with Crippen LogP contribution in [-0.4, -0.2) is 24.6 Å². The Kier molecular flexibility index (Phi) is 6.51. The molecule has 0 bridgehead atoms. The number of halogens is 5. The molecule has 1 aromatic carbocycles. The minimum absolute atomic E-state index is 0.0616. The predicted octanol–water partition coefficient (Wildman–Crippen LogP) is 6.06. The van der Waals surface area contributed by atoms with Gasteiger partial charge in [-0.2, -0.15) is 8.42 Å². The van der Waals surface area contributed by atoms with E-state index in [4.69, 9.17) is 39.0 Å². The lowest BCUT2D eigenvalue weighted by Gasteiger charge is -2.48. The number of hydrogen-bond acceptors (Lipinski definition) is 5. The van der Waals surface area contributed by atoms with Crippen LogP contribution in [0.15, 0.2) is 12.1 Å². The molecule has 0 N–H and O–H groups in total. The van der Waals surface area contributed by atoms with E-state index in [0.717, 1.165) is 36.8 Å². The summed E-state index contributed by atoms with van der Waals surface area (Å²) < 4.78 is 59.3. The summed E-state index contributed by atoms with van der Waals surface area (Å²) >= 11 is 16.5. The van der Waals surface area contributed by atoms with Crippen LogP contribution < -0.4 is 4.18 Å². The van der Waals surface area contributed by atoms with Crippen molar-refractivity contribution in [3.8, 4) is 5.75 Å². The average Bonchev–Trinajstić information content (AvgIpc) is 3.00. The molecule has 0 radical (unpaired) electrons. The average molecular weight is 532 g/mol. The largest absolute Gasteiger partial charge is 0.449 e. The highest BCUT2D eigenvalue weighted by Gasteiger charge is 2.54. The third kappa shape index (κ3) is 4.63. The van der Waals surface area contributed by atoms with Crippen molar-refractivity contribution >= 4 is 51.0 Å². The first-order valence-corrected chi connectivity index (χ1v) is 12.9. The van der Waals surface area contributed by atoms with Crippen molar-refractivity contribution in [2.75, 3.05) is 6.61 Å². The van der Waals surface area contributed by atoms with Gasteiger partial charge in [-0.3, -0.25) is 4.79 Å². The number of hydrogen-bond donors (Lipinski definition) is 0. The third-order valence-electron chi connectivity index (χ3n) is 7.36. The van der Waals surface area contributed by atoms with Crippen LogP contribution in [0.1, 0.15) is 68.1 Å². The van der Waals surface area contributed by atoms with E-state index in [9.17, 15) is 22.0 Å². The van der Waals surface area contributed by atoms with E-state index in [1.54, 1.807) is 0 Å². The number of fused-ring (bicyclic) bond motifs is 5. The molecule has 178 valence electrons. The first-order chi connectivity index (χ1) is 14.8. The van der Waals surface area contributed by atoms with Crippen LogP contribution in [0.5, 0.6) is 5.75 Å². The summed E-state index contributed by atoms with van der Waals surface area (Å²) in [6.45, 7) is 1.22. The topological polar surface area (TPSA) is 69.7 Å². The second kappa shape index (κ2) is 8.52. The fourth-order valence-electron chi connectivity index (χ4n) is 5.90. The molecule has 0 unspecified atom stereocenters. The second-order valence-corrected chi connectivity index (χ2v) is 12.8. The van der Waals surface area contributed by atoms with Gasteiger partial charge in [-0.05, 0) is 73.1 Å². The van der Waals surface area contributed by atoms with E-state index in [1.165, 1.54) is 12.1 Å². The highest BCUT2D eigenvalue weighted by atomic mass is 35.6. The Balaban J connectivity index is 1.64. The molecule has 0 aromatic heterocycles. The Hall–Kier alpha value is -0.670. The maximum absolute atomic E-state index is 13.9. The number of aryl methyl sites for hydroxylation is 1. The molecule has 5 nitrogen and oxygen atoms in total. The van der Waals surface area contributed by atoms with Crippen LogP contribution in [0.4, 0.5) is 8.78 Å². The normalized spacial score (nSPS) is 30.1. The Morgan fingerprint density at radius 3 is 2.56 bits per heavy atom. The molecule has 2 fully saturated rings. The number of Topliss-reactive ketones (excluding diaryl/α,β-unsaturated/α-hetero) is 1. The van der Waals surface area contributed by atoms with E-state index in [0.29, 0.717) is 18.6 Å². The molecule has 3 aliphatic carbocycles. The zero-order valence-corrected chi connectivity index (χ0v) is 20.3. The summed E-state index contributed by atoms with van der Waals surface area (Å²) in [4.78, 5) is 12.5. The van der Waals surface area contributed by atoms with Gasteiger partial charge in [-0.1, -0.05) is 41.7 Å². The molecule has 0 saturated heterocycles. The van der Waals surface area contributed by atoms with E-state index in [2.05, 4.69) is 4.18 Å². The van der Waals surface area contributed by atoms with Crippen molar-refractivity contribution in [1.82, 2.24) is 0 Å². The maximum atomic E-state index is 13.9. The first kappa shape index (κ1) is 24.5. The smallest absolute Gasteiger partial charge is 0.361 e. The van der Waals surface area contributed by atoms with Gasteiger partial charge in [0.25, 0.3) is 6.43 Å². The van der Waals surface area contributed by atoms with Crippen molar-refractivity contribution in [2.24, 2.45) is 17.3 Å². The maximum Gasteiger partial charge on any atom is 0.449 e. The number of benzene rings is 1. The molecule has 2 saturated carbocycles. The summed E-state index contributed by atoms with van der Waals surface area (Å²) in [5.74, 6) is 0.387. The fraction of sp³-hybridized carbons (Fsp3) is 0.667. The number of carbonyl (C=O) groups is 1. The fourth-order valence-corrected chi connectivity index (χ4v) is 6.99. The number of carbonyl (C=O) groups excluding carboxylic acids is 1. The van der Waals surface area contributed by atoms with E-state index in [-0.39, 0.29) is 23.2 Å². The Morgan fingerprint density at radius 2 is 1.91 bits per heavy atom. The zero-order valence-electron chi connectivity index (χ0n) is 17.3. The van der Waals surface area contributed by atoms with Gasteiger partial charge in [-0.25, -0.2) is 13.0 Å². The van der Waals surface area contributed by atoms with Gasteiger partial charge < -0.3 is 4.18 Å². The quantitative estimate of drug-likeness (QED) is 0.432. The Morgan fingerprint density at radius 1 is 1.19 bits per heavy atom. The summed E-state index contributed by atoms with van der Waals surface area (Å²) in [6.07, 6.45) is 1.34. The summed E-state index contributed by atoms with van der Waals surface area (Å²) in [7, 11) is -4.72. The molecular weight excluding hydrogens is 509 g/mol. The molecule has 3 aliphatic rings. The Labute approximate surface area is 201 Å². The van der Waals surface area contributed by atoms with Crippen LogP contribution >= 0.6 is 34.8 Å². The highest BCUT2D eigenvalue weighted by molar-refractivity contribution is 7.82. The van der Waals surface area contributed by atoms with Crippen LogP contribution in [0.3, 0.4) is 0 Å². The van der Waals surface area contributed by atoms with Gasteiger partial charge in [0.2, 0.25) is 3.79 Å². The van der Waals surface area contributed by atoms with Crippen LogP contribution in [-0.2, 0) is 25.8 Å². The standard InChI is InChI=1S/C21H23Cl3F2O5S/c1-20-7-6-12-13(16(20)4-5-18(20)27)3-2-11-8-17(15(19(25)26)9-14(11)12)31-32(28,29)30-10-21(22,23)24/h8-9,12-13,16,19H,2-7,10H2,1H3/t12-,13+,16-,20-/m0/s1. The highest BCUT2D eigenvalue weighted by Crippen LogP contribution is 2.60. The molecule has 4 rings (SSSR count). The number of rotatable bonds is 5. The van der Waals surface area contributed by atoms with Gasteiger partial charge in [0.15, 0.2) is 5.75 Å². The van der Waals surface area contributed by atoms with Crippen LogP contribution in [0, 0.1) is 17.3 Å². The molecular formula is C21H23Cl3F2O5S. The van der Waals surface area contributed by atoms with Crippen LogP contribution in [0.2, 0.25) is 0 Å². The predicted molar refractivity (Wildman–Crippen MR) is 117 cm³/mol. The molecule has 0 aliphatic heterocycles. The SMILES string of the molecule is C[C@]12CC[C@@H]3c4cc(C(F)F)c(OS(=O)(=O)OCC(Cl)(Cl)Cl)cc4CC[C@H]3[C@@H]1CCC2=O. The van der Waals surface area contributed by atoms with Gasteiger partial charge in [0, 0.05) is 11.8 Å². The number of alkyl halides is 5. The van der Waals surface area contributed by atoms with Crippen molar-refractivity contribution in [2.45, 2.75) is 61.6 Å². The second-order valence-electron chi connectivity index (χ2n) is 9.09. The van der Waals surface area contributed by atoms with Crippen LogP contribution in [0.25, 0.3) is 0 Å². The lowest BCUT2D eigenvalue weighted by molar-refractivity contribution is -0.129. The molecule has 1 aromatic rings. The van der Waals surface area contributed by atoms with Gasteiger partial charge in [-0.15, -0.1) is 0 Å². The van der Waals surface area contributed by atoms with Gasteiger partial charge in [0.1, 0.15) is 12.4 Å².